The average Bonchev–Trinajstić information content (AvgIpc) is 2.66. The SMILES string of the molecule is Nc1ccc(Br)cc1NCC1CCCC1O. The second-order valence-electron chi connectivity index (χ2n) is 4.37. The maximum Gasteiger partial charge on any atom is 0.0585 e. The van der Waals surface area contributed by atoms with E-state index in [0.29, 0.717) is 5.92 Å². The van der Waals surface area contributed by atoms with Crippen molar-refractivity contribution in [2.45, 2.75) is 25.4 Å². The van der Waals surface area contributed by atoms with Crippen LogP contribution < -0.4 is 11.1 Å². The van der Waals surface area contributed by atoms with Crippen LogP contribution in [0.5, 0.6) is 0 Å². The minimum atomic E-state index is -0.152. The van der Waals surface area contributed by atoms with Crippen LogP contribution in [0.25, 0.3) is 0 Å². The second-order valence-corrected chi connectivity index (χ2v) is 5.29. The van der Waals surface area contributed by atoms with E-state index in [4.69, 9.17) is 5.73 Å². The molecule has 4 N–H and O–H groups in total. The molecule has 1 aromatic rings. The van der Waals surface area contributed by atoms with E-state index in [1.807, 2.05) is 18.2 Å². The second kappa shape index (κ2) is 5.06. The molecular weight excluding hydrogens is 268 g/mol. The summed E-state index contributed by atoms with van der Waals surface area (Å²) in [5, 5.41) is 13.0. The van der Waals surface area contributed by atoms with Gasteiger partial charge in [0.05, 0.1) is 17.5 Å². The molecule has 1 saturated carbocycles. The fourth-order valence-corrected chi connectivity index (χ4v) is 2.54. The quantitative estimate of drug-likeness (QED) is 0.748. The minimum Gasteiger partial charge on any atom is -0.397 e. The number of hydrogen-bond donors (Lipinski definition) is 3. The van der Waals surface area contributed by atoms with Gasteiger partial charge in [0.15, 0.2) is 0 Å². The van der Waals surface area contributed by atoms with Crippen molar-refractivity contribution in [2.24, 2.45) is 5.92 Å². The third-order valence-electron chi connectivity index (χ3n) is 3.19. The highest BCUT2D eigenvalue weighted by atomic mass is 79.9. The van der Waals surface area contributed by atoms with Gasteiger partial charge in [0.25, 0.3) is 0 Å². The average molecular weight is 285 g/mol. The Labute approximate surface area is 104 Å². The summed E-state index contributed by atoms with van der Waals surface area (Å²) in [5.41, 5.74) is 7.55. The number of nitrogen functional groups attached to an aromatic ring is 1. The maximum absolute atomic E-state index is 9.71. The third kappa shape index (κ3) is 2.68. The molecule has 1 aliphatic carbocycles. The number of halogens is 1. The Morgan fingerprint density at radius 3 is 2.94 bits per heavy atom. The first-order chi connectivity index (χ1) is 7.66. The summed E-state index contributed by atoms with van der Waals surface area (Å²) in [6.45, 7) is 0.793. The fraction of sp³-hybridized carbons (Fsp3) is 0.500. The van der Waals surface area contributed by atoms with Gasteiger partial charge < -0.3 is 16.2 Å². The van der Waals surface area contributed by atoms with Crippen LogP contribution in [0.15, 0.2) is 22.7 Å². The topological polar surface area (TPSA) is 58.3 Å². The van der Waals surface area contributed by atoms with Gasteiger partial charge in [-0.25, -0.2) is 0 Å². The summed E-state index contributed by atoms with van der Waals surface area (Å²) in [5.74, 6) is 0.360. The van der Waals surface area contributed by atoms with Crippen LogP contribution in [0, 0.1) is 5.92 Å². The lowest BCUT2D eigenvalue weighted by atomic mass is 10.1. The molecule has 1 aromatic carbocycles. The molecule has 0 radical (unpaired) electrons. The zero-order chi connectivity index (χ0) is 11.5. The van der Waals surface area contributed by atoms with Gasteiger partial charge in [-0.3, -0.25) is 0 Å². The molecule has 2 unspecified atom stereocenters. The Balaban J connectivity index is 1.96. The Hall–Kier alpha value is -0.740. The van der Waals surface area contributed by atoms with E-state index in [-0.39, 0.29) is 6.10 Å². The summed E-state index contributed by atoms with van der Waals surface area (Å²) < 4.78 is 1.01. The summed E-state index contributed by atoms with van der Waals surface area (Å²) >= 11 is 3.42. The van der Waals surface area contributed by atoms with Crippen LogP contribution in [0.1, 0.15) is 19.3 Å². The molecule has 0 heterocycles. The molecule has 2 rings (SSSR count). The van der Waals surface area contributed by atoms with E-state index in [1.54, 1.807) is 0 Å². The van der Waals surface area contributed by atoms with Crippen LogP contribution in [0.2, 0.25) is 0 Å². The highest BCUT2D eigenvalue weighted by Crippen LogP contribution is 2.28. The molecule has 0 amide bonds. The van der Waals surface area contributed by atoms with Gasteiger partial charge in [-0.05, 0) is 31.0 Å². The van der Waals surface area contributed by atoms with Gasteiger partial charge in [0.2, 0.25) is 0 Å². The van der Waals surface area contributed by atoms with Gasteiger partial charge in [-0.1, -0.05) is 22.4 Å². The van der Waals surface area contributed by atoms with E-state index in [1.165, 1.54) is 0 Å². The first kappa shape index (κ1) is 11.7. The lowest BCUT2D eigenvalue weighted by molar-refractivity contribution is 0.138. The molecule has 0 aromatic heterocycles. The van der Waals surface area contributed by atoms with Crippen LogP contribution in [0.4, 0.5) is 11.4 Å². The number of rotatable bonds is 3. The lowest BCUT2D eigenvalue weighted by Gasteiger charge is -2.17. The van der Waals surface area contributed by atoms with E-state index in [9.17, 15) is 5.11 Å². The molecule has 88 valence electrons. The molecule has 0 saturated heterocycles. The molecule has 1 aliphatic rings. The normalized spacial score (nSPS) is 24.6. The van der Waals surface area contributed by atoms with Crippen molar-refractivity contribution in [2.75, 3.05) is 17.6 Å². The summed E-state index contributed by atoms with van der Waals surface area (Å²) in [7, 11) is 0. The zero-order valence-corrected chi connectivity index (χ0v) is 10.7. The van der Waals surface area contributed by atoms with Crippen molar-refractivity contribution in [1.29, 1.82) is 0 Å². The Kier molecular flexibility index (Phi) is 3.71. The fourth-order valence-electron chi connectivity index (χ4n) is 2.18. The first-order valence-electron chi connectivity index (χ1n) is 5.64. The Morgan fingerprint density at radius 1 is 1.44 bits per heavy atom. The molecule has 4 heteroatoms. The van der Waals surface area contributed by atoms with Crippen LogP contribution in [-0.2, 0) is 0 Å². The van der Waals surface area contributed by atoms with E-state index < -0.39 is 0 Å². The van der Waals surface area contributed by atoms with E-state index in [0.717, 1.165) is 41.7 Å². The van der Waals surface area contributed by atoms with Crippen molar-refractivity contribution >= 4 is 27.3 Å². The Morgan fingerprint density at radius 2 is 2.25 bits per heavy atom. The monoisotopic (exact) mass is 284 g/mol. The molecule has 2 atom stereocenters. The van der Waals surface area contributed by atoms with Crippen molar-refractivity contribution in [1.82, 2.24) is 0 Å². The minimum absolute atomic E-state index is 0.152. The third-order valence-corrected chi connectivity index (χ3v) is 3.68. The summed E-state index contributed by atoms with van der Waals surface area (Å²) in [6, 6.07) is 5.76. The number of nitrogens with two attached hydrogens (primary N) is 1. The predicted molar refractivity (Wildman–Crippen MR) is 70.4 cm³/mol. The number of benzene rings is 1. The maximum atomic E-state index is 9.71. The highest BCUT2D eigenvalue weighted by molar-refractivity contribution is 9.10. The standard InChI is InChI=1S/C12H17BrN2O/c13-9-4-5-10(14)11(6-9)15-7-8-2-1-3-12(8)16/h4-6,8,12,15-16H,1-3,7,14H2. The molecule has 16 heavy (non-hydrogen) atoms. The summed E-state index contributed by atoms with van der Waals surface area (Å²) in [4.78, 5) is 0. The highest BCUT2D eigenvalue weighted by Gasteiger charge is 2.24. The molecular formula is C12H17BrN2O. The van der Waals surface area contributed by atoms with Gasteiger partial charge in [-0.15, -0.1) is 0 Å². The zero-order valence-electron chi connectivity index (χ0n) is 9.12. The van der Waals surface area contributed by atoms with Crippen molar-refractivity contribution in [3.05, 3.63) is 22.7 Å². The molecule has 0 aliphatic heterocycles. The lowest BCUT2D eigenvalue weighted by Crippen LogP contribution is -2.22. The smallest absolute Gasteiger partial charge is 0.0585 e. The van der Waals surface area contributed by atoms with Gasteiger partial charge in [0.1, 0.15) is 0 Å². The number of aliphatic hydroxyl groups excluding tert-OH is 1. The predicted octanol–water partition coefficient (Wildman–Crippen LogP) is 2.60. The van der Waals surface area contributed by atoms with Crippen LogP contribution in [-0.4, -0.2) is 17.8 Å². The van der Waals surface area contributed by atoms with E-state index >= 15 is 0 Å². The first-order valence-corrected chi connectivity index (χ1v) is 6.43. The number of hydrogen-bond acceptors (Lipinski definition) is 3. The Bertz CT molecular complexity index is 370. The van der Waals surface area contributed by atoms with Gasteiger partial charge in [-0.2, -0.15) is 0 Å². The number of aliphatic hydroxyl groups is 1. The number of anilines is 2. The van der Waals surface area contributed by atoms with Crippen molar-refractivity contribution < 1.29 is 5.11 Å². The van der Waals surface area contributed by atoms with Crippen molar-refractivity contribution in [3.8, 4) is 0 Å². The molecule has 0 spiro atoms. The molecule has 0 bridgehead atoms. The summed E-state index contributed by atoms with van der Waals surface area (Å²) in [6.07, 6.45) is 3.00. The largest absolute Gasteiger partial charge is 0.397 e. The van der Waals surface area contributed by atoms with Crippen LogP contribution in [0.3, 0.4) is 0 Å². The van der Waals surface area contributed by atoms with Gasteiger partial charge in [0, 0.05) is 16.9 Å². The van der Waals surface area contributed by atoms with Gasteiger partial charge >= 0.3 is 0 Å². The molecule has 3 nitrogen and oxygen atoms in total. The molecule has 1 fully saturated rings. The number of nitrogens with one attached hydrogen (secondary N) is 1. The van der Waals surface area contributed by atoms with Crippen molar-refractivity contribution in [3.63, 3.8) is 0 Å². The van der Waals surface area contributed by atoms with E-state index in [2.05, 4.69) is 21.2 Å². The van der Waals surface area contributed by atoms with Crippen LogP contribution >= 0.6 is 15.9 Å².